The molecule has 0 bridgehead atoms. The van der Waals surface area contributed by atoms with Crippen molar-refractivity contribution in [3.8, 4) is 0 Å². The standard InChI is InChI=1S/C22H34N2O4S/c1-20(2,3)27-18(25)23(7)15-16-9-11-17(12-10-16)22(29)13-8-14-24(22)19(26)28-21(4,5)6/h9-12,29H,8,13-15H2,1-7H3. The molecule has 0 aliphatic carbocycles. The predicted octanol–water partition coefficient (Wildman–Crippen LogP) is 5.17. The molecule has 0 saturated carbocycles. The van der Waals surface area contributed by atoms with Gasteiger partial charge >= 0.3 is 12.2 Å². The van der Waals surface area contributed by atoms with E-state index in [2.05, 4.69) is 0 Å². The van der Waals surface area contributed by atoms with Crippen LogP contribution in [0.2, 0.25) is 0 Å². The minimum Gasteiger partial charge on any atom is -0.444 e. The predicted molar refractivity (Wildman–Crippen MR) is 117 cm³/mol. The second kappa shape index (κ2) is 8.46. The zero-order valence-electron chi connectivity index (χ0n) is 18.6. The van der Waals surface area contributed by atoms with Crippen molar-refractivity contribution in [2.24, 2.45) is 0 Å². The summed E-state index contributed by atoms with van der Waals surface area (Å²) in [5.41, 5.74) is 0.833. The van der Waals surface area contributed by atoms with Gasteiger partial charge < -0.3 is 14.4 Å². The second-order valence-electron chi connectivity index (χ2n) is 9.59. The Balaban J connectivity index is 2.10. The Morgan fingerprint density at radius 2 is 1.62 bits per heavy atom. The number of carbonyl (C=O) groups is 2. The molecule has 6 nitrogen and oxygen atoms in total. The van der Waals surface area contributed by atoms with E-state index in [1.165, 1.54) is 0 Å². The Kier molecular flexibility index (Phi) is 6.82. The first-order chi connectivity index (χ1) is 13.2. The smallest absolute Gasteiger partial charge is 0.411 e. The number of thiol groups is 1. The summed E-state index contributed by atoms with van der Waals surface area (Å²) in [4.78, 5) is 27.3. The van der Waals surface area contributed by atoms with E-state index in [-0.39, 0.29) is 12.2 Å². The summed E-state index contributed by atoms with van der Waals surface area (Å²) in [6.07, 6.45) is 0.913. The van der Waals surface area contributed by atoms with Gasteiger partial charge in [0, 0.05) is 20.1 Å². The molecule has 1 unspecified atom stereocenters. The Hall–Kier alpha value is -1.89. The van der Waals surface area contributed by atoms with Crippen molar-refractivity contribution in [3.05, 3.63) is 35.4 Å². The van der Waals surface area contributed by atoms with Gasteiger partial charge in [0.15, 0.2) is 0 Å². The minimum atomic E-state index is -0.696. The monoisotopic (exact) mass is 422 g/mol. The first-order valence-electron chi connectivity index (χ1n) is 9.98. The zero-order chi connectivity index (χ0) is 22.0. The quantitative estimate of drug-likeness (QED) is 0.683. The average Bonchev–Trinajstić information content (AvgIpc) is 2.95. The highest BCUT2D eigenvalue weighted by Gasteiger charge is 2.44. The van der Waals surface area contributed by atoms with Crippen LogP contribution in [0.4, 0.5) is 9.59 Å². The van der Waals surface area contributed by atoms with Crippen LogP contribution in [0.5, 0.6) is 0 Å². The first-order valence-corrected chi connectivity index (χ1v) is 10.4. The van der Waals surface area contributed by atoms with E-state index in [9.17, 15) is 9.59 Å². The number of carbonyl (C=O) groups excluding carboxylic acids is 2. The van der Waals surface area contributed by atoms with E-state index in [0.717, 1.165) is 24.0 Å². The fourth-order valence-corrected chi connectivity index (χ4v) is 3.71. The number of benzene rings is 1. The van der Waals surface area contributed by atoms with Gasteiger partial charge in [0.1, 0.15) is 16.1 Å². The van der Waals surface area contributed by atoms with Crippen molar-refractivity contribution < 1.29 is 19.1 Å². The number of nitrogens with zero attached hydrogens (tertiary/aromatic N) is 2. The van der Waals surface area contributed by atoms with Crippen molar-refractivity contribution >= 4 is 24.8 Å². The van der Waals surface area contributed by atoms with Crippen molar-refractivity contribution in [1.82, 2.24) is 9.80 Å². The molecule has 1 aliphatic heterocycles. The fraction of sp³-hybridized carbons (Fsp3) is 0.636. The van der Waals surface area contributed by atoms with Crippen molar-refractivity contribution in [3.63, 3.8) is 0 Å². The van der Waals surface area contributed by atoms with Crippen LogP contribution in [-0.2, 0) is 20.9 Å². The number of hydrogen-bond acceptors (Lipinski definition) is 5. The second-order valence-corrected chi connectivity index (χ2v) is 10.3. The maximum atomic E-state index is 12.6. The maximum absolute atomic E-state index is 12.6. The SMILES string of the molecule is CN(Cc1ccc(C2(S)CCCN2C(=O)OC(C)(C)C)cc1)C(=O)OC(C)(C)C. The zero-order valence-corrected chi connectivity index (χ0v) is 19.5. The van der Waals surface area contributed by atoms with Gasteiger partial charge in [-0.3, -0.25) is 4.90 Å². The summed E-state index contributed by atoms with van der Waals surface area (Å²) in [7, 11) is 1.71. The van der Waals surface area contributed by atoms with E-state index in [4.69, 9.17) is 22.1 Å². The van der Waals surface area contributed by atoms with Crippen LogP contribution >= 0.6 is 12.6 Å². The Morgan fingerprint density at radius 1 is 1.07 bits per heavy atom. The highest BCUT2D eigenvalue weighted by molar-refractivity contribution is 7.81. The van der Waals surface area contributed by atoms with Crippen LogP contribution in [0.25, 0.3) is 0 Å². The van der Waals surface area contributed by atoms with Crippen LogP contribution in [0.15, 0.2) is 24.3 Å². The summed E-state index contributed by atoms with van der Waals surface area (Å²) < 4.78 is 11.0. The van der Waals surface area contributed by atoms with Crippen LogP contribution in [-0.4, -0.2) is 46.8 Å². The number of rotatable bonds is 3. The molecule has 1 aliphatic rings. The van der Waals surface area contributed by atoms with Gasteiger partial charge in [0.25, 0.3) is 0 Å². The van der Waals surface area contributed by atoms with Gasteiger partial charge in [0.2, 0.25) is 0 Å². The summed E-state index contributed by atoms with van der Waals surface area (Å²) in [6, 6.07) is 7.85. The van der Waals surface area contributed by atoms with Gasteiger partial charge in [-0.25, -0.2) is 9.59 Å². The highest BCUT2D eigenvalue weighted by Crippen LogP contribution is 2.43. The van der Waals surface area contributed by atoms with E-state index >= 15 is 0 Å². The molecule has 0 N–H and O–H groups in total. The molecule has 162 valence electrons. The van der Waals surface area contributed by atoms with E-state index in [1.807, 2.05) is 65.8 Å². The highest BCUT2D eigenvalue weighted by atomic mass is 32.1. The molecular formula is C22H34N2O4S. The third kappa shape index (κ3) is 6.29. The lowest BCUT2D eigenvalue weighted by Gasteiger charge is -2.36. The Bertz CT molecular complexity index is 737. The molecule has 1 fully saturated rings. The largest absolute Gasteiger partial charge is 0.444 e. The summed E-state index contributed by atoms with van der Waals surface area (Å²) in [5.74, 6) is 0. The first kappa shape index (κ1) is 23.4. The molecule has 2 amide bonds. The maximum Gasteiger partial charge on any atom is 0.411 e. The third-order valence-corrected chi connectivity index (χ3v) is 5.23. The Labute approximate surface area is 179 Å². The van der Waals surface area contributed by atoms with Crippen LogP contribution < -0.4 is 0 Å². The lowest BCUT2D eigenvalue weighted by atomic mass is 10.0. The average molecular weight is 423 g/mol. The number of likely N-dealkylation sites (tertiary alicyclic amines) is 1. The lowest BCUT2D eigenvalue weighted by molar-refractivity contribution is 0.0191. The molecule has 1 saturated heterocycles. The number of hydrogen-bond donors (Lipinski definition) is 1. The number of ether oxygens (including phenoxy) is 2. The summed E-state index contributed by atoms with van der Waals surface area (Å²) in [5, 5.41) is 0. The Morgan fingerprint density at radius 3 is 2.14 bits per heavy atom. The van der Waals surface area contributed by atoms with Crippen LogP contribution in [0, 0.1) is 0 Å². The lowest BCUT2D eigenvalue weighted by Crippen LogP contribution is -2.44. The molecular weight excluding hydrogens is 388 g/mol. The molecule has 7 heteroatoms. The molecule has 1 heterocycles. The van der Waals surface area contributed by atoms with E-state index in [1.54, 1.807) is 16.8 Å². The van der Waals surface area contributed by atoms with E-state index < -0.39 is 16.1 Å². The van der Waals surface area contributed by atoms with Gasteiger partial charge in [-0.1, -0.05) is 24.3 Å². The molecule has 0 spiro atoms. The molecule has 1 aromatic rings. The van der Waals surface area contributed by atoms with Crippen LogP contribution in [0.1, 0.15) is 65.5 Å². The fourth-order valence-electron chi connectivity index (χ4n) is 3.22. The third-order valence-electron chi connectivity index (χ3n) is 4.51. The summed E-state index contributed by atoms with van der Waals surface area (Å²) >= 11 is 4.88. The van der Waals surface area contributed by atoms with Crippen molar-refractivity contribution in [2.45, 2.75) is 77.0 Å². The summed E-state index contributed by atoms with van der Waals surface area (Å²) in [6.45, 7) is 12.2. The van der Waals surface area contributed by atoms with Gasteiger partial charge in [-0.05, 0) is 65.5 Å². The molecule has 0 radical (unpaired) electrons. The van der Waals surface area contributed by atoms with Gasteiger partial charge in [-0.15, -0.1) is 12.6 Å². The minimum absolute atomic E-state index is 0.348. The van der Waals surface area contributed by atoms with Crippen molar-refractivity contribution in [2.75, 3.05) is 13.6 Å². The molecule has 29 heavy (non-hydrogen) atoms. The van der Waals surface area contributed by atoms with Crippen LogP contribution in [0.3, 0.4) is 0 Å². The van der Waals surface area contributed by atoms with Crippen molar-refractivity contribution in [1.29, 1.82) is 0 Å². The normalized spacial score (nSPS) is 19.8. The molecule has 1 aromatic carbocycles. The number of amides is 2. The molecule has 1 atom stereocenters. The van der Waals surface area contributed by atoms with E-state index in [0.29, 0.717) is 13.1 Å². The van der Waals surface area contributed by atoms with Gasteiger partial charge in [0.05, 0.1) is 0 Å². The van der Waals surface area contributed by atoms with Gasteiger partial charge in [-0.2, -0.15) is 0 Å². The molecule has 2 rings (SSSR count). The topological polar surface area (TPSA) is 59.1 Å². The molecule has 0 aromatic heterocycles.